The zero-order valence-corrected chi connectivity index (χ0v) is 15.6. The van der Waals surface area contributed by atoms with Gasteiger partial charge in [-0.2, -0.15) is 5.10 Å². The summed E-state index contributed by atoms with van der Waals surface area (Å²) in [6, 6.07) is 8.40. The summed E-state index contributed by atoms with van der Waals surface area (Å²) in [5, 5.41) is 8.54. The average molecular weight is 351 g/mol. The van der Waals surface area contributed by atoms with E-state index in [9.17, 15) is 0 Å². The van der Waals surface area contributed by atoms with Gasteiger partial charge in [0.1, 0.15) is 5.76 Å². The molecule has 1 fully saturated rings. The number of aryl methyl sites for hydroxylation is 3. The van der Waals surface area contributed by atoms with Gasteiger partial charge in [-0.1, -0.05) is 11.2 Å². The van der Waals surface area contributed by atoms with Crippen LogP contribution in [0.3, 0.4) is 0 Å². The van der Waals surface area contributed by atoms with Crippen LogP contribution in [0.2, 0.25) is 0 Å². The summed E-state index contributed by atoms with van der Waals surface area (Å²) < 4.78 is 7.17. The van der Waals surface area contributed by atoms with E-state index in [-0.39, 0.29) is 0 Å². The Bertz CT molecular complexity index is 870. The first-order valence-electron chi connectivity index (χ1n) is 9.21. The van der Waals surface area contributed by atoms with Gasteiger partial charge in [-0.05, 0) is 58.0 Å². The van der Waals surface area contributed by atoms with E-state index < -0.39 is 0 Å². The Kier molecular flexibility index (Phi) is 4.59. The first-order chi connectivity index (χ1) is 12.6. The first kappa shape index (κ1) is 17.0. The maximum absolute atomic E-state index is 5.30. The number of nitrogens with zero attached hydrogens (tertiary/aromatic N) is 5. The van der Waals surface area contributed by atoms with Gasteiger partial charge >= 0.3 is 0 Å². The SMILES string of the molecule is Cc1noc(C)c1-c1cccc(C2CCN(Cc3ccn(C)n3)CC2)n1. The largest absolute Gasteiger partial charge is 0.361 e. The molecule has 6 heteroatoms. The molecule has 0 unspecified atom stereocenters. The summed E-state index contributed by atoms with van der Waals surface area (Å²) in [7, 11) is 1.97. The van der Waals surface area contributed by atoms with Crippen LogP contribution in [0, 0.1) is 13.8 Å². The van der Waals surface area contributed by atoms with Gasteiger partial charge in [0.15, 0.2) is 0 Å². The van der Waals surface area contributed by atoms with Crippen LogP contribution in [-0.2, 0) is 13.6 Å². The number of hydrogen-bond donors (Lipinski definition) is 0. The fourth-order valence-electron chi connectivity index (χ4n) is 3.83. The third-order valence-corrected chi connectivity index (χ3v) is 5.22. The van der Waals surface area contributed by atoms with Gasteiger partial charge in [0.05, 0.1) is 22.6 Å². The summed E-state index contributed by atoms with van der Waals surface area (Å²) in [6.45, 7) is 7.01. The molecule has 3 aromatic heterocycles. The second-order valence-electron chi connectivity index (χ2n) is 7.18. The molecule has 0 aliphatic carbocycles. The van der Waals surface area contributed by atoms with Crippen LogP contribution in [0.15, 0.2) is 35.0 Å². The summed E-state index contributed by atoms with van der Waals surface area (Å²) in [6.07, 6.45) is 4.27. The normalized spacial score (nSPS) is 16.3. The van der Waals surface area contributed by atoms with Crippen molar-refractivity contribution >= 4 is 0 Å². The lowest BCUT2D eigenvalue weighted by atomic mass is 9.92. The topological polar surface area (TPSA) is 60.0 Å². The van der Waals surface area contributed by atoms with Crippen molar-refractivity contribution in [3.05, 3.63) is 53.3 Å². The van der Waals surface area contributed by atoms with Crippen molar-refractivity contribution in [2.75, 3.05) is 13.1 Å². The maximum Gasteiger partial charge on any atom is 0.143 e. The molecule has 4 heterocycles. The number of likely N-dealkylation sites (tertiary alicyclic amines) is 1. The van der Waals surface area contributed by atoms with E-state index in [1.54, 1.807) is 0 Å². The van der Waals surface area contributed by atoms with Crippen LogP contribution >= 0.6 is 0 Å². The van der Waals surface area contributed by atoms with Gasteiger partial charge in [-0.3, -0.25) is 14.6 Å². The van der Waals surface area contributed by atoms with Crippen molar-refractivity contribution in [2.45, 2.75) is 39.2 Å². The summed E-state index contributed by atoms with van der Waals surface area (Å²) >= 11 is 0. The van der Waals surface area contributed by atoms with Crippen LogP contribution in [0.1, 0.15) is 41.6 Å². The van der Waals surface area contributed by atoms with Gasteiger partial charge in [0.25, 0.3) is 0 Å². The van der Waals surface area contributed by atoms with Gasteiger partial charge in [-0.15, -0.1) is 0 Å². The smallest absolute Gasteiger partial charge is 0.143 e. The number of pyridine rings is 1. The molecular formula is C20H25N5O. The van der Waals surface area contributed by atoms with Gasteiger partial charge < -0.3 is 4.52 Å². The minimum atomic E-state index is 0.510. The minimum absolute atomic E-state index is 0.510. The van der Waals surface area contributed by atoms with Gasteiger partial charge in [0, 0.05) is 31.4 Å². The zero-order chi connectivity index (χ0) is 18.1. The molecule has 0 aromatic carbocycles. The van der Waals surface area contributed by atoms with E-state index in [0.29, 0.717) is 5.92 Å². The Morgan fingerprint density at radius 3 is 2.62 bits per heavy atom. The highest BCUT2D eigenvalue weighted by Crippen LogP contribution is 2.30. The third-order valence-electron chi connectivity index (χ3n) is 5.22. The molecule has 4 rings (SSSR count). The van der Waals surface area contributed by atoms with E-state index in [4.69, 9.17) is 9.51 Å². The standard InChI is InChI=1S/C20H25N5O/c1-14-20(15(2)26-23-14)19-6-4-5-18(21-19)16-7-11-25(12-8-16)13-17-9-10-24(3)22-17/h4-6,9-10,16H,7-8,11-13H2,1-3H3. The molecular weight excluding hydrogens is 326 g/mol. The second kappa shape index (κ2) is 7.03. The van der Waals surface area contributed by atoms with E-state index in [2.05, 4.69) is 33.4 Å². The molecule has 0 radical (unpaired) electrons. The maximum atomic E-state index is 5.30. The van der Waals surface area contributed by atoms with Crippen molar-refractivity contribution in [1.82, 2.24) is 24.8 Å². The van der Waals surface area contributed by atoms with E-state index in [1.165, 1.54) is 5.69 Å². The molecule has 0 spiro atoms. The van der Waals surface area contributed by atoms with Crippen molar-refractivity contribution in [3.8, 4) is 11.3 Å². The molecule has 1 saturated heterocycles. The van der Waals surface area contributed by atoms with E-state index in [1.807, 2.05) is 37.8 Å². The lowest BCUT2D eigenvalue weighted by molar-refractivity contribution is 0.201. The van der Waals surface area contributed by atoms with Crippen molar-refractivity contribution in [3.63, 3.8) is 0 Å². The van der Waals surface area contributed by atoms with Crippen LogP contribution in [0.5, 0.6) is 0 Å². The Morgan fingerprint density at radius 2 is 1.96 bits per heavy atom. The number of hydrogen-bond acceptors (Lipinski definition) is 5. The number of rotatable bonds is 4. The molecule has 0 N–H and O–H groups in total. The highest BCUT2D eigenvalue weighted by molar-refractivity contribution is 5.63. The van der Waals surface area contributed by atoms with Crippen molar-refractivity contribution < 1.29 is 4.52 Å². The number of piperidine rings is 1. The summed E-state index contributed by atoms with van der Waals surface area (Å²) in [4.78, 5) is 7.42. The number of aromatic nitrogens is 4. The van der Waals surface area contributed by atoms with Gasteiger partial charge in [0.2, 0.25) is 0 Å². The van der Waals surface area contributed by atoms with Gasteiger partial charge in [-0.25, -0.2) is 0 Å². The molecule has 1 aliphatic rings. The fraction of sp³-hybridized carbons (Fsp3) is 0.450. The highest BCUT2D eigenvalue weighted by Gasteiger charge is 2.23. The fourth-order valence-corrected chi connectivity index (χ4v) is 3.83. The molecule has 3 aromatic rings. The summed E-state index contributed by atoms with van der Waals surface area (Å²) in [5.41, 5.74) is 5.22. The Labute approximate surface area is 153 Å². The molecule has 1 aliphatic heterocycles. The average Bonchev–Trinajstić information content (AvgIpc) is 3.20. The van der Waals surface area contributed by atoms with Crippen molar-refractivity contribution in [2.24, 2.45) is 7.05 Å². The van der Waals surface area contributed by atoms with E-state index in [0.717, 1.165) is 60.9 Å². The van der Waals surface area contributed by atoms with Crippen LogP contribution in [0.4, 0.5) is 0 Å². The molecule has 136 valence electrons. The molecule has 0 atom stereocenters. The zero-order valence-electron chi connectivity index (χ0n) is 15.6. The molecule has 6 nitrogen and oxygen atoms in total. The minimum Gasteiger partial charge on any atom is -0.361 e. The Morgan fingerprint density at radius 1 is 1.15 bits per heavy atom. The Balaban J connectivity index is 1.44. The monoisotopic (exact) mass is 351 g/mol. The summed E-state index contributed by atoms with van der Waals surface area (Å²) in [5.74, 6) is 1.34. The van der Waals surface area contributed by atoms with E-state index >= 15 is 0 Å². The highest BCUT2D eigenvalue weighted by atomic mass is 16.5. The second-order valence-corrected chi connectivity index (χ2v) is 7.18. The predicted octanol–water partition coefficient (Wildman–Crippen LogP) is 3.47. The van der Waals surface area contributed by atoms with Crippen LogP contribution in [0.25, 0.3) is 11.3 Å². The van der Waals surface area contributed by atoms with Crippen LogP contribution < -0.4 is 0 Å². The Hall–Kier alpha value is -2.47. The lowest BCUT2D eigenvalue weighted by Crippen LogP contribution is -2.32. The lowest BCUT2D eigenvalue weighted by Gasteiger charge is -2.31. The molecule has 0 bridgehead atoms. The molecule has 0 saturated carbocycles. The molecule has 0 amide bonds. The first-order valence-corrected chi connectivity index (χ1v) is 9.21. The third kappa shape index (κ3) is 3.42. The predicted molar refractivity (Wildman–Crippen MR) is 99.7 cm³/mol. The quantitative estimate of drug-likeness (QED) is 0.720. The van der Waals surface area contributed by atoms with Crippen LogP contribution in [-0.4, -0.2) is 37.9 Å². The van der Waals surface area contributed by atoms with Crippen molar-refractivity contribution in [1.29, 1.82) is 0 Å². The molecule has 26 heavy (non-hydrogen) atoms.